The fourth-order valence-electron chi connectivity index (χ4n) is 0.690. The van der Waals surface area contributed by atoms with Crippen molar-refractivity contribution in [1.82, 2.24) is 0 Å². The van der Waals surface area contributed by atoms with E-state index >= 15 is 0 Å². The van der Waals surface area contributed by atoms with Gasteiger partial charge in [-0.05, 0) is 22.0 Å². The van der Waals surface area contributed by atoms with Gasteiger partial charge in [0.15, 0.2) is 4.67 Å². The normalized spacial score (nSPS) is 9.55. The summed E-state index contributed by atoms with van der Waals surface area (Å²) >= 11 is 3.04. The van der Waals surface area contributed by atoms with Crippen molar-refractivity contribution in [3.05, 3.63) is 28.6 Å². The molecule has 0 unspecified atom stereocenters. The first-order valence-electron chi connectivity index (χ1n) is 2.79. The molecule has 2 N–H and O–H groups in total. The number of furan rings is 1. The maximum atomic E-state index is 10.7. The summed E-state index contributed by atoms with van der Waals surface area (Å²) in [5, 5.41) is 0. The standard InChI is InChI=1S/C7H5BrNO2/c1-2-5-4(7(9)10)3-6(8)11-5/h1-3H,(H2,9,10). The lowest BCUT2D eigenvalue weighted by atomic mass is 10.2. The van der Waals surface area contributed by atoms with Gasteiger partial charge in [0, 0.05) is 6.07 Å². The zero-order valence-corrected chi connectivity index (χ0v) is 7.09. The van der Waals surface area contributed by atoms with Crippen LogP contribution >= 0.6 is 15.9 Å². The number of amides is 1. The Kier molecular flexibility index (Phi) is 2.14. The molecule has 57 valence electrons. The lowest BCUT2D eigenvalue weighted by Crippen LogP contribution is -2.10. The highest BCUT2D eigenvalue weighted by molar-refractivity contribution is 9.10. The lowest BCUT2D eigenvalue weighted by molar-refractivity contribution is 0.0999. The molecule has 0 aliphatic carbocycles. The Labute approximate surface area is 72.0 Å². The molecule has 0 aromatic carbocycles. The summed E-state index contributed by atoms with van der Waals surface area (Å²) in [6.07, 6.45) is 1.19. The monoisotopic (exact) mass is 214 g/mol. The van der Waals surface area contributed by atoms with Crippen LogP contribution in [0.1, 0.15) is 16.1 Å². The first-order valence-corrected chi connectivity index (χ1v) is 3.58. The summed E-state index contributed by atoms with van der Waals surface area (Å²) in [5.74, 6) is -0.277. The Morgan fingerprint density at radius 3 is 2.82 bits per heavy atom. The van der Waals surface area contributed by atoms with Gasteiger partial charge in [0.25, 0.3) is 5.91 Å². The van der Waals surface area contributed by atoms with Gasteiger partial charge >= 0.3 is 0 Å². The SMILES string of the molecule is [CH]=Cc1oc(Br)cc1C(N)=O. The van der Waals surface area contributed by atoms with Crippen LogP contribution in [0.15, 0.2) is 15.2 Å². The molecule has 0 fully saturated rings. The van der Waals surface area contributed by atoms with Crippen LogP contribution in [-0.2, 0) is 0 Å². The van der Waals surface area contributed by atoms with Gasteiger partial charge in [-0.2, -0.15) is 0 Å². The highest BCUT2D eigenvalue weighted by atomic mass is 79.9. The Bertz CT molecular complexity index is 303. The molecule has 0 spiro atoms. The molecule has 0 aliphatic heterocycles. The third-order valence-electron chi connectivity index (χ3n) is 1.15. The predicted molar refractivity (Wildman–Crippen MR) is 43.7 cm³/mol. The summed E-state index contributed by atoms with van der Waals surface area (Å²) < 4.78 is 5.39. The summed E-state index contributed by atoms with van der Waals surface area (Å²) in [4.78, 5) is 10.7. The lowest BCUT2D eigenvalue weighted by Gasteiger charge is -1.87. The molecule has 0 bridgehead atoms. The number of carbonyl (C=O) groups is 1. The van der Waals surface area contributed by atoms with E-state index < -0.39 is 5.91 Å². The number of rotatable bonds is 2. The van der Waals surface area contributed by atoms with Crippen molar-refractivity contribution < 1.29 is 9.21 Å². The van der Waals surface area contributed by atoms with E-state index in [1.807, 2.05) is 0 Å². The molecule has 11 heavy (non-hydrogen) atoms. The number of hydrogen-bond donors (Lipinski definition) is 1. The van der Waals surface area contributed by atoms with E-state index in [9.17, 15) is 4.79 Å². The maximum Gasteiger partial charge on any atom is 0.252 e. The second kappa shape index (κ2) is 2.92. The van der Waals surface area contributed by atoms with Crippen LogP contribution in [0.2, 0.25) is 0 Å². The molecular weight excluding hydrogens is 210 g/mol. The third-order valence-corrected chi connectivity index (χ3v) is 1.54. The highest BCUT2D eigenvalue weighted by Gasteiger charge is 2.10. The summed E-state index contributed by atoms with van der Waals surface area (Å²) in [5.41, 5.74) is 5.29. The first kappa shape index (κ1) is 8.07. The van der Waals surface area contributed by atoms with Crippen molar-refractivity contribution in [3.63, 3.8) is 0 Å². The van der Waals surface area contributed by atoms with Gasteiger partial charge in [-0.3, -0.25) is 4.79 Å². The number of primary amides is 1. The van der Waals surface area contributed by atoms with Crippen molar-refractivity contribution in [3.8, 4) is 0 Å². The van der Waals surface area contributed by atoms with Crippen LogP contribution in [0.25, 0.3) is 6.08 Å². The number of hydrogen-bond acceptors (Lipinski definition) is 2. The molecule has 1 radical (unpaired) electrons. The van der Waals surface area contributed by atoms with Crippen LogP contribution in [0.4, 0.5) is 0 Å². The minimum atomic E-state index is -0.559. The number of nitrogens with two attached hydrogens (primary N) is 1. The zero-order chi connectivity index (χ0) is 8.43. The molecule has 0 saturated carbocycles. The van der Waals surface area contributed by atoms with Gasteiger partial charge in [0.05, 0.1) is 5.56 Å². The minimum Gasteiger partial charge on any atom is -0.449 e. The Morgan fingerprint density at radius 2 is 2.45 bits per heavy atom. The van der Waals surface area contributed by atoms with Crippen molar-refractivity contribution >= 4 is 27.9 Å². The molecule has 1 aromatic rings. The summed E-state index contributed by atoms with van der Waals surface area (Å²) in [6, 6.07) is 1.47. The molecule has 1 heterocycles. The van der Waals surface area contributed by atoms with E-state index in [0.29, 0.717) is 4.67 Å². The van der Waals surface area contributed by atoms with Gasteiger partial charge in [-0.1, -0.05) is 6.58 Å². The molecule has 1 rings (SSSR count). The zero-order valence-electron chi connectivity index (χ0n) is 5.50. The molecule has 1 amide bonds. The van der Waals surface area contributed by atoms with E-state index in [-0.39, 0.29) is 11.3 Å². The van der Waals surface area contributed by atoms with Gasteiger partial charge in [0.1, 0.15) is 5.76 Å². The fourth-order valence-corrected chi connectivity index (χ4v) is 1.09. The first-order chi connectivity index (χ1) is 5.15. The third kappa shape index (κ3) is 1.51. The molecule has 3 nitrogen and oxygen atoms in total. The van der Waals surface area contributed by atoms with Crippen LogP contribution in [0.5, 0.6) is 0 Å². The van der Waals surface area contributed by atoms with Crippen molar-refractivity contribution in [2.75, 3.05) is 0 Å². The quantitative estimate of drug-likeness (QED) is 0.814. The highest BCUT2D eigenvalue weighted by Crippen LogP contribution is 2.20. The number of halogens is 1. The molecule has 1 aromatic heterocycles. The Morgan fingerprint density at radius 1 is 1.82 bits per heavy atom. The van der Waals surface area contributed by atoms with E-state index in [1.165, 1.54) is 12.1 Å². The van der Waals surface area contributed by atoms with Gasteiger partial charge < -0.3 is 10.2 Å². The molecule has 0 saturated heterocycles. The van der Waals surface area contributed by atoms with Crippen LogP contribution in [0.3, 0.4) is 0 Å². The van der Waals surface area contributed by atoms with E-state index in [4.69, 9.17) is 16.7 Å². The topological polar surface area (TPSA) is 56.2 Å². The molecule has 0 atom stereocenters. The largest absolute Gasteiger partial charge is 0.449 e. The van der Waals surface area contributed by atoms with E-state index in [2.05, 4.69) is 15.9 Å². The second-order valence-corrected chi connectivity index (χ2v) is 2.64. The Hall–Kier alpha value is -1.03. The van der Waals surface area contributed by atoms with E-state index in [0.717, 1.165) is 0 Å². The molecule has 4 heteroatoms. The minimum absolute atomic E-state index is 0.277. The average Bonchev–Trinajstić information content (AvgIpc) is 2.30. The summed E-state index contributed by atoms with van der Waals surface area (Å²) in [6.45, 7) is 5.15. The molecular formula is C7H5BrNO2. The van der Waals surface area contributed by atoms with Gasteiger partial charge in [0.2, 0.25) is 0 Å². The number of carbonyl (C=O) groups excluding carboxylic acids is 1. The van der Waals surface area contributed by atoms with Crippen LogP contribution in [0, 0.1) is 6.58 Å². The fraction of sp³-hybridized carbons (Fsp3) is 0. The predicted octanol–water partition coefficient (Wildman–Crippen LogP) is 1.59. The van der Waals surface area contributed by atoms with Gasteiger partial charge in [-0.25, -0.2) is 0 Å². The maximum absolute atomic E-state index is 10.7. The van der Waals surface area contributed by atoms with Crippen molar-refractivity contribution in [2.24, 2.45) is 5.73 Å². The molecule has 0 aliphatic rings. The smallest absolute Gasteiger partial charge is 0.252 e. The van der Waals surface area contributed by atoms with Crippen molar-refractivity contribution in [1.29, 1.82) is 0 Å². The van der Waals surface area contributed by atoms with Crippen molar-refractivity contribution in [2.45, 2.75) is 0 Å². The Balaban J connectivity index is 3.22. The average molecular weight is 215 g/mol. The van der Waals surface area contributed by atoms with Crippen LogP contribution in [-0.4, -0.2) is 5.91 Å². The summed E-state index contributed by atoms with van der Waals surface area (Å²) in [7, 11) is 0. The van der Waals surface area contributed by atoms with Crippen LogP contribution < -0.4 is 5.73 Å². The van der Waals surface area contributed by atoms with Gasteiger partial charge in [-0.15, -0.1) is 0 Å². The van der Waals surface area contributed by atoms with E-state index in [1.54, 1.807) is 0 Å². The second-order valence-electron chi connectivity index (χ2n) is 1.86.